The van der Waals surface area contributed by atoms with E-state index in [2.05, 4.69) is 28.1 Å². The maximum Gasteiger partial charge on any atom is 0.243 e. The molecule has 0 aliphatic carbocycles. The third-order valence-corrected chi connectivity index (χ3v) is 8.18. The summed E-state index contributed by atoms with van der Waals surface area (Å²) in [6.07, 6.45) is 4.01. The van der Waals surface area contributed by atoms with E-state index >= 15 is 0 Å². The summed E-state index contributed by atoms with van der Waals surface area (Å²) in [5.74, 6) is 0.336. The van der Waals surface area contributed by atoms with E-state index in [9.17, 15) is 14.4 Å². The summed E-state index contributed by atoms with van der Waals surface area (Å²) >= 11 is 0. The zero-order valence-electron chi connectivity index (χ0n) is 25.5. The number of nitrogens with zero attached hydrogens (tertiary/aromatic N) is 1. The number of carbonyl (C=O) groups excluding carboxylic acids is 3. The van der Waals surface area contributed by atoms with Crippen molar-refractivity contribution < 1.29 is 19.1 Å². The monoisotopic (exact) mass is 586 g/mol. The number of ether oxygens (including phenoxy) is 1. The number of carbonyl (C=O) groups is 3. The largest absolute Gasteiger partial charge is 0.492 e. The maximum atomic E-state index is 13.5. The standard InChI is InChI=1S/C35H46N4O4/c1-3-27(4-2)35(42)39-22-10-16-32(39)34(41)38-31(25-26-17-18-28-12-8-9-13-29(28)24-26)33(40)37-20-11-19-36-21-23-43-30-14-6-5-7-15-30/h5-9,12-15,17-18,24,27,31-32,36H,3-4,10-11,16,19-23,25H2,1-2H3,(H,37,40)(H,38,41)/t31-,32+/m1/s1. The normalized spacial score (nSPS) is 15.4. The average Bonchev–Trinajstić information content (AvgIpc) is 3.53. The lowest BCUT2D eigenvalue weighted by Gasteiger charge is -2.29. The fourth-order valence-electron chi connectivity index (χ4n) is 5.69. The highest BCUT2D eigenvalue weighted by Crippen LogP contribution is 2.23. The van der Waals surface area contributed by atoms with Crippen LogP contribution in [0.25, 0.3) is 10.8 Å². The number of rotatable bonds is 16. The van der Waals surface area contributed by atoms with E-state index in [1.807, 2.05) is 74.5 Å². The van der Waals surface area contributed by atoms with Gasteiger partial charge < -0.3 is 25.6 Å². The van der Waals surface area contributed by atoms with Gasteiger partial charge in [0.25, 0.3) is 0 Å². The molecule has 3 amide bonds. The molecule has 0 unspecified atom stereocenters. The zero-order chi connectivity index (χ0) is 30.4. The topological polar surface area (TPSA) is 99.8 Å². The number of hydrogen-bond donors (Lipinski definition) is 3. The quantitative estimate of drug-likeness (QED) is 0.215. The summed E-state index contributed by atoms with van der Waals surface area (Å²) in [7, 11) is 0. The van der Waals surface area contributed by atoms with Gasteiger partial charge in [-0.3, -0.25) is 14.4 Å². The van der Waals surface area contributed by atoms with Gasteiger partial charge in [0.2, 0.25) is 17.7 Å². The van der Waals surface area contributed by atoms with Gasteiger partial charge in [0.15, 0.2) is 0 Å². The van der Waals surface area contributed by atoms with E-state index in [1.54, 1.807) is 4.90 Å². The highest BCUT2D eigenvalue weighted by atomic mass is 16.5. The van der Waals surface area contributed by atoms with Crippen LogP contribution in [0.2, 0.25) is 0 Å². The molecule has 3 aromatic carbocycles. The van der Waals surface area contributed by atoms with Crippen molar-refractivity contribution in [2.45, 2.75) is 64.5 Å². The summed E-state index contributed by atoms with van der Waals surface area (Å²) in [6.45, 7) is 7.08. The molecule has 0 spiro atoms. The van der Waals surface area contributed by atoms with Crippen molar-refractivity contribution in [3.8, 4) is 5.75 Å². The van der Waals surface area contributed by atoms with Crippen LogP contribution in [0.3, 0.4) is 0 Å². The van der Waals surface area contributed by atoms with Crippen molar-refractivity contribution in [3.63, 3.8) is 0 Å². The van der Waals surface area contributed by atoms with E-state index in [1.165, 1.54) is 0 Å². The predicted octanol–water partition coefficient (Wildman–Crippen LogP) is 4.47. The zero-order valence-corrected chi connectivity index (χ0v) is 25.5. The van der Waals surface area contributed by atoms with Gasteiger partial charge in [-0.15, -0.1) is 0 Å². The number of hydrogen-bond acceptors (Lipinski definition) is 5. The Labute approximate surface area is 255 Å². The molecule has 0 radical (unpaired) electrons. The number of nitrogens with one attached hydrogen (secondary N) is 3. The SMILES string of the molecule is CCC(CC)C(=O)N1CCC[C@H]1C(=O)N[C@H](Cc1ccc2ccccc2c1)C(=O)NCCCNCCOc1ccccc1. The average molecular weight is 587 g/mol. The van der Waals surface area contributed by atoms with Crippen molar-refractivity contribution in [3.05, 3.63) is 78.4 Å². The molecular formula is C35H46N4O4. The third-order valence-electron chi connectivity index (χ3n) is 8.18. The molecule has 1 saturated heterocycles. The van der Waals surface area contributed by atoms with Crippen molar-refractivity contribution in [2.24, 2.45) is 5.92 Å². The molecule has 2 atom stereocenters. The molecule has 1 aliphatic heterocycles. The first-order valence-corrected chi connectivity index (χ1v) is 15.7. The Hall–Kier alpha value is -3.91. The molecule has 0 saturated carbocycles. The van der Waals surface area contributed by atoms with Crippen LogP contribution in [0.4, 0.5) is 0 Å². The van der Waals surface area contributed by atoms with Crippen LogP contribution in [0.5, 0.6) is 5.75 Å². The van der Waals surface area contributed by atoms with Crippen LogP contribution in [0.15, 0.2) is 72.8 Å². The van der Waals surface area contributed by atoms with Crippen LogP contribution in [-0.2, 0) is 20.8 Å². The molecule has 43 heavy (non-hydrogen) atoms. The van der Waals surface area contributed by atoms with Crippen LogP contribution < -0.4 is 20.7 Å². The maximum absolute atomic E-state index is 13.5. The minimum Gasteiger partial charge on any atom is -0.492 e. The van der Waals surface area contributed by atoms with Gasteiger partial charge in [0.05, 0.1) is 0 Å². The number of likely N-dealkylation sites (tertiary alicyclic amines) is 1. The fraction of sp³-hybridized carbons (Fsp3) is 0.457. The molecule has 3 aromatic rings. The van der Waals surface area contributed by atoms with Gasteiger partial charge in [-0.1, -0.05) is 74.5 Å². The molecule has 8 heteroatoms. The molecule has 1 aliphatic rings. The second-order valence-corrected chi connectivity index (χ2v) is 11.2. The first-order valence-electron chi connectivity index (χ1n) is 15.7. The minimum absolute atomic E-state index is 0.0415. The first-order chi connectivity index (χ1) is 21.0. The van der Waals surface area contributed by atoms with Gasteiger partial charge >= 0.3 is 0 Å². The Kier molecular flexibility index (Phi) is 12.4. The molecule has 4 rings (SSSR count). The van der Waals surface area contributed by atoms with Crippen molar-refractivity contribution in [1.82, 2.24) is 20.9 Å². The molecule has 1 fully saturated rings. The Morgan fingerprint density at radius 2 is 1.65 bits per heavy atom. The van der Waals surface area contributed by atoms with Gasteiger partial charge in [0.1, 0.15) is 24.4 Å². The van der Waals surface area contributed by atoms with Crippen LogP contribution >= 0.6 is 0 Å². The van der Waals surface area contributed by atoms with Crippen molar-refractivity contribution in [1.29, 1.82) is 0 Å². The Balaban J connectivity index is 1.33. The second-order valence-electron chi connectivity index (χ2n) is 11.2. The number of benzene rings is 3. The summed E-state index contributed by atoms with van der Waals surface area (Å²) in [4.78, 5) is 41.9. The van der Waals surface area contributed by atoms with Crippen LogP contribution in [0.1, 0.15) is 51.5 Å². The van der Waals surface area contributed by atoms with Gasteiger partial charge in [-0.2, -0.15) is 0 Å². The summed E-state index contributed by atoms with van der Waals surface area (Å²) in [5.41, 5.74) is 0.968. The molecular weight excluding hydrogens is 540 g/mol. The molecule has 8 nitrogen and oxygen atoms in total. The smallest absolute Gasteiger partial charge is 0.243 e. The highest BCUT2D eigenvalue weighted by molar-refractivity contribution is 5.93. The predicted molar refractivity (Wildman–Crippen MR) is 171 cm³/mol. The fourth-order valence-corrected chi connectivity index (χ4v) is 5.69. The van der Waals surface area contributed by atoms with Crippen molar-refractivity contribution in [2.75, 3.05) is 32.8 Å². The second kappa shape index (κ2) is 16.7. The Morgan fingerprint density at radius 1 is 0.907 bits per heavy atom. The minimum atomic E-state index is -0.744. The van der Waals surface area contributed by atoms with E-state index in [4.69, 9.17) is 4.74 Å². The molecule has 0 aromatic heterocycles. The molecule has 230 valence electrons. The lowest BCUT2D eigenvalue weighted by molar-refractivity contribution is -0.142. The van der Waals surface area contributed by atoms with E-state index in [0.29, 0.717) is 39.1 Å². The number of fused-ring (bicyclic) bond motifs is 1. The van der Waals surface area contributed by atoms with Gasteiger partial charge in [0, 0.05) is 32.0 Å². The summed E-state index contributed by atoms with van der Waals surface area (Å²) in [5, 5.41) is 11.6. The Bertz CT molecular complexity index is 1330. The van der Waals surface area contributed by atoms with Crippen molar-refractivity contribution >= 4 is 28.5 Å². The van der Waals surface area contributed by atoms with Gasteiger partial charge in [-0.05, 0) is 67.1 Å². The van der Waals surface area contributed by atoms with Gasteiger partial charge in [-0.25, -0.2) is 0 Å². The first kappa shape index (κ1) is 32.0. The van der Waals surface area contributed by atoms with Crippen LogP contribution in [0, 0.1) is 5.92 Å². The molecule has 3 N–H and O–H groups in total. The van der Waals surface area contributed by atoms with E-state index < -0.39 is 12.1 Å². The summed E-state index contributed by atoms with van der Waals surface area (Å²) < 4.78 is 5.70. The van der Waals surface area contributed by atoms with E-state index in [-0.39, 0.29) is 23.6 Å². The van der Waals surface area contributed by atoms with Crippen LogP contribution in [-0.4, -0.2) is 67.5 Å². The number of amides is 3. The lowest BCUT2D eigenvalue weighted by atomic mass is 10.00. The molecule has 0 bridgehead atoms. The third kappa shape index (κ3) is 9.29. The highest BCUT2D eigenvalue weighted by Gasteiger charge is 2.37. The van der Waals surface area contributed by atoms with E-state index in [0.717, 1.165) is 54.3 Å². The summed E-state index contributed by atoms with van der Waals surface area (Å²) in [6, 6.07) is 22.6. The molecule has 1 heterocycles. The Morgan fingerprint density at radius 3 is 2.42 bits per heavy atom. The lowest BCUT2D eigenvalue weighted by Crippen LogP contribution is -2.54. The number of para-hydroxylation sites is 1.